The van der Waals surface area contributed by atoms with Crippen LogP contribution in [0.15, 0.2) is 0 Å². The minimum Gasteiger partial charge on any atom is -0.333 e. The number of rotatable bonds is 5. The van der Waals surface area contributed by atoms with Crippen LogP contribution in [0.5, 0.6) is 0 Å². The number of nitrogens with zero attached hydrogens (tertiary/aromatic N) is 1. The van der Waals surface area contributed by atoms with Gasteiger partial charge in [-0.3, -0.25) is 0 Å². The molecule has 5 nitrogen and oxygen atoms in total. The summed E-state index contributed by atoms with van der Waals surface area (Å²) >= 11 is 9.13. The van der Waals surface area contributed by atoms with Crippen molar-refractivity contribution in [3.05, 3.63) is 4.91 Å². The molecule has 0 saturated carbocycles. The van der Waals surface area contributed by atoms with Crippen LogP contribution in [0.1, 0.15) is 0 Å². The Morgan fingerprint density at radius 1 is 1.58 bits per heavy atom. The highest BCUT2D eigenvalue weighted by Crippen LogP contribution is 1.75. The molecule has 0 aliphatic carbocycles. The van der Waals surface area contributed by atoms with Crippen molar-refractivity contribution in [2.45, 2.75) is 0 Å². The van der Waals surface area contributed by atoms with Gasteiger partial charge in [-0.25, -0.2) is 4.79 Å². The Morgan fingerprint density at radius 3 is 2.75 bits per heavy atom. The van der Waals surface area contributed by atoms with Crippen molar-refractivity contribution in [2.75, 3.05) is 24.7 Å². The Labute approximate surface area is 80.8 Å². The number of hydrogen-bond acceptors (Lipinski definition) is 3. The molecule has 0 aromatic rings. The van der Waals surface area contributed by atoms with Gasteiger partial charge in [0.05, 0.1) is 10.8 Å². The van der Waals surface area contributed by atoms with E-state index in [1.165, 1.54) is 0 Å². The van der Waals surface area contributed by atoms with Gasteiger partial charge in [-0.2, -0.15) is 12.6 Å². The van der Waals surface area contributed by atoms with E-state index in [0.717, 1.165) is 0 Å². The molecule has 0 spiro atoms. The van der Waals surface area contributed by atoms with Gasteiger partial charge in [0.1, 0.15) is 4.87 Å². The van der Waals surface area contributed by atoms with Gasteiger partial charge in [0.15, 0.2) is 0 Å². The van der Waals surface area contributed by atoms with E-state index in [1.807, 2.05) is 5.43 Å². The molecule has 0 radical (unpaired) electrons. The molecule has 0 aliphatic heterocycles. The SMILES string of the molecule is O=C(NCCS)N[N+](=O)CCCl. The summed E-state index contributed by atoms with van der Waals surface area (Å²) in [7, 11) is 0. The smallest absolute Gasteiger partial charge is 0.333 e. The fraction of sp³-hybridized carbons (Fsp3) is 0.800. The number of halogens is 1. The highest BCUT2D eigenvalue weighted by Gasteiger charge is 2.10. The van der Waals surface area contributed by atoms with E-state index >= 15 is 0 Å². The first kappa shape index (κ1) is 11.5. The van der Waals surface area contributed by atoms with E-state index in [1.54, 1.807) is 0 Å². The van der Waals surface area contributed by atoms with Gasteiger partial charge < -0.3 is 5.32 Å². The molecule has 70 valence electrons. The second-order valence-corrected chi connectivity index (χ2v) is 2.71. The normalized spacial score (nSPS) is 9.17. The molecule has 0 atom stereocenters. The number of nitroso groups, excluding NO2 is 1. The van der Waals surface area contributed by atoms with Gasteiger partial charge in [0.25, 0.3) is 0 Å². The summed E-state index contributed by atoms with van der Waals surface area (Å²) < 4.78 is 0. The molecule has 0 rings (SSSR count). The average Bonchev–Trinajstić information content (AvgIpc) is 2.01. The largest absolute Gasteiger partial charge is 0.371 e. The van der Waals surface area contributed by atoms with Crippen LogP contribution in [0.2, 0.25) is 0 Å². The van der Waals surface area contributed by atoms with Crippen LogP contribution in [-0.4, -0.2) is 35.6 Å². The highest BCUT2D eigenvalue weighted by molar-refractivity contribution is 7.80. The molecular formula is C5H11ClN3O2S+. The van der Waals surface area contributed by atoms with E-state index in [2.05, 4.69) is 17.9 Å². The van der Waals surface area contributed by atoms with E-state index in [-0.39, 0.29) is 12.4 Å². The van der Waals surface area contributed by atoms with Crippen LogP contribution in [0, 0.1) is 4.91 Å². The number of hydrazine groups is 1. The van der Waals surface area contributed by atoms with Crippen molar-refractivity contribution in [1.29, 1.82) is 0 Å². The third-order valence-electron chi connectivity index (χ3n) is 0.911. The average molecular weight is 213 g/mol. The van der Waals surface area contributed by atoms with Crippen molar-refractivity contribution in [3.63, 3.8) is 0 Å². The fourth-order valence-corrected chi connectivity index (χ4v) is 0.720. The molecule has 0 aromatic carbocycles. The van der Waals surface area contributed by atoms with Crippen LogP contribution in [0.25, 0.3) is 0 Å². The maximum Gasteiger partial charge on any atom is 0.371 e. The lowest BCUT2D eigenvalue weighted by Crippen LogP contribution is -2.42. The Hall–Kier alpha value is -0.490. The van der Waals surface area contributed by atoms with Crippen LogP contribution in [0.3, 0.4) is 0 Å². The molecule has 2 amide bonds. The number of amides is 2. The van der Waals surface area contributed by atoms with Crippen molar-refractivity contribution < 1.29 is 9.66 Å². The lowest BCUT2D eigenvalue weighted by Gasteiger charge is -1.98. The summed E-state index contributed by atoms with van der Waals surface area (Å²) in [5.41, 5.74) is 2.02. The van der Waals surface area contributed by atoms with Crippen molar-refractivity contribution >= 4 is 30.3 Å². The summed E-state index contributed by atoms with van der Waals surface area (Å²) in [6.45, 7) is 0.486. The highest BCUT2D eigenvalue weighted by atomic mass is 35.5. The van der Waals surface area contributed by atoms with E-state index < -0.39 is 6.03 Å². The Kier molecular flexibility index (Phi) is 6.88. The zero-order valence-corrected chi connectivity index (χ0v) is 8.07. The van der Waals surface area contributed by atoms with Gasteiger partial charge in [-0.15, -0.1) is 11.6 Å². The van der Waals surface area contributed by atoms with Crippen LogP contribution in [0.4, 0.5) is 4.79 Å². The molecule has 0 saturated heterocycles. The van der Waals surface area contributed by atoms with Crippen LogP contribution >= 0.6 is 24.2 Å². The predicted molar refractivity (Wildman–Crippen MR) is 49.6 cm³/mol. The number of hydrogen-bond donors (Lipinski definition) is 3. The zero-order valence-electron chi connectivity index (χ0n) is 6.42. The fourth-order valence-electron chi connectivity index (χ4n) is 0.455. The molecule has 2 N–H and O–H groups in total. The number of urea groups is 1. The number of alkyl halides is 1. The van der Waals surface area contributed by atoms with Gasteiger partial charge in [-0.05, 0) is 0 Å². The Balaban J connectivity index is 3.47. The monoisotopic (exact) mass is 212 g/mol. The lowest BCUT2D eigenvalue weighted by molar-refractivity contribution is -0.588. The van der Waals surface area contributed by atoms with Gasteiger partial charge in [0.2, 0.25) is 6.54 Å². The first-order valence-corrected chi connectivity index (χ1v) is 4.53. The third kappa shape index (κ3) is 6.23. The second kappa shape index (κ2) is 7.17. The first-order chi connectivity index (χ1) is 5.70. The summed E-state index contributed by atoms with van der Waals surface area (Å²) in [5, 5.41) is 2.41. The summed E-state index contributed by atoms with van der Waals surface area (Å²) in [6.07, 6.45) is 0. The van der Waals surface area contributed by atoms with Gasteiger partial charge in [-0.1, -0.05) is 5.43 Å². The van der Waals surface area contributed by atoms with E-state index in [9.17, 15) is 9.70 Å². The molecule has 0 aromatic heterocycles. The van der Waals surface area contributed by atoms with Crippen molar-refractivity contribution in [1.82, 2.24) is 10.7 Å². The number of carbonyl (C=O) groups is 1. The number of thiol groups is 1. The maximum absolute atomic E-state index is 10.7. The molecule has 0 bridgehead atoms. The third-order valence-corrected chi connectivity index (χ3v) is 1.30. The molecular weight excluding hydrogens is 202 g/mol. The topological polar surface area (TPSA) is 61.2 Å². The van der Waals surface area contributed by atoms with Crippen LogP contribution in [-0.2, 0) is 0 Å². The standard InChI is InChI=1S/C5H10ClN3O2S/c6-1-3-9(11)8-5(10)7-2-4-12/h1-4H2,(H2-,7,8,10,11,12)/p+1. The van der Waals surface area contributed by atoms with Gasteiger partial charge >= 0.3 is 6.03 Å². The summed E-state index contributed by atoms with van der Waals surface area (Å²) in [4.78, 5) is 21.8. The minimum absolute atomic E-state index is 0.0653. The van der Waals surface area contributed by atoms with E-state index in [0.29, 0.717) is 17.2 Å². The number of carbonyl (C=O) groups excluding carboxylic acids is 1. The first-order valence-electron chi connectivity index (χ1n) is 3.36. The molecule has 0 unspecified atom stereocenters. The lowest BCUT2D eigenvalue weighted by atomic mass is 10.7. The second-order valence-electron chi connectivity index (χ2n) is 1.88. The van der Waals surface area contributed by atoms with Crippen LogP contribution < -0.4 is 10.7 Å². The van der Waals surface area contributed by atoms with Crippen molar-refractivity contribution in [2.24, 2.45) is 0 Å². The maximum atomic E-state index is 10.7. The quantitative estimate of drug-likeness (QED) is 0.263. The zero-order chi connectivity index (χ0) is 9.40. The molecule has 7 heteroatoms. The molecule has 12 heavy (non-hydrogen) atoms. The van der Waals surface area contributed by atoms with E-state index in [4.69, 9.17) is 11.6 Å². The molecule has 0 aliphatic rings. The minimum atomic E-state index is -0.538. The van der Waals surface area contributed by atoms with Gasteiger partial charge in [0, 0.05) is 12.3 Å². The Bertz CT molecular complexity index is 167. The summed E-state index contributed by atoms with van der Waals surface area (Å²) in [5.74, 6) is 0.706. The number of nitrogens with one attached hydrogen (secondary N) is 2. The Morgan fingerprint density at radius 2 is 2.25 bits per heavy atom. The predicted octanol–water partition coefficient (Wildman–Crippen LogP) is 0.148. The summed E-state index contributed by atoms with van der Waals surface area (Å²) in [6, 6.07) is -0.538. The van der Waals surface area contributed by atoms with Crippen molar-refractivity contribution in [3.8, 4) is 0 Å². The molecule has 0 heterocycles. The molecule has 0 fully saturated rings.